The minimum absolute atomic E-state index is 0.0556. The Morgan fingerprint density at radius 1 is 0.250 bits per heavy atom. The average molecular weight is 1120 g/mol. The number of fused-ring (bicyclic) bond motifs is 2. The van der Waals surface area contributed by atoms with Crippen LogP contribution in [0.5, 0.6) is 23.0 Å². The maximum atomic E-state index is 7.12. The van der Waals surface area contributed by atoms with Gasteiger partial charge in [-0.3, -0.25) is 0 Å². The number of hydrogen-bond acceptors (Lipinski definition) is 6. The van der Waals surface area contributed by atoms with Gasteiger partial charge >= 0.3 is 0 Å². The molecular weight excluding hydrogens is 1030 g/mol. The monoisotopic (exact) mass is 1120 g/mol. The smallest absolute Gasteiger partial charge is 0.119 e. The molecule has 4 N–H and O–H groups in total. The first kappa shape index (κ1) is 61.1. The molecule has 6 heteroatoms. The van der Waals surface area contributed by atoms with Crippen LogP contribution in [0.1, 0.15) is 168 Å². The molecule has 0 amide bonds. The van der Waals surface area contributed by atoms with Crippen LogP contribution >= 0.6 is 0 Å². The van der Waals surface area contributed by atoms with E-state index in [9.17, 15) is 0 Å². The summed E-state index contributed by atoms with van der Waals surface area (Å²) < 4.78 is 24.7. The summed E-state index contributed by atoms with van der Waals surface area (Å²) in [6.07, 6.45) is 27.4. The molecule has 0 spiro atoms. The lowest BCUT2D eigenvalue weighted by Crippen LogP contribution is -2.12. The lowest BCUT2D eigenvalue weighted by atomic mass is 9.82. The van der Waals surface area contributed by atoms with E-state index in [4.69, 9.17) is 30.4 Å². The maximum Gasteiger partial charge on any atom is 0.119 e. The molecule has 9 aliphatic heterocycles. The highest BCUT2D eigenvalue weighted by Gasteiger charge is 2.20. The van der Waals surface area contributed by atoms with Gasteiger partial charge in [-0.1, -0.05) is 252 Å². The Morgan fingerprint density at radius 3 is 0.714 bits per heavy atom. The molecule has 0 atom stereocenters. The number of nitrogens with two attached hydrogens (primary N) is 2. The van der Waals surface area contributed by atoms with Crippen molar-refractivity contribution in [3.63, 3.8) is 0 Å². The summed E-state index contributed by atoms with van der Waals surface area (Å²) in [5.74, 6) is 3.67. The summed E-state index contributed by atoms with van der Waals surface area (Å²) in [5, 5.41) is 0. The summed E-state index contributed by atoms with van der Waals surface area (Å²) in [4.78, 5) is 0. The highest BCUT2D eigenvalue weighted by Crippen LogP contribution is 2.41. The Labute approximate surface area is 504 Å². The van der Waals surface area contributed by atoms with Gasteiger partial charge in [-0.05, 0) is 142 Å². The second-order valence-corrected chi connectivity index (χ2v) is 24.4. The van der Waals surface area contributed by atoms with E-state index in [0.29, 0.717) is 0 Å². The van der Waals surface area contributed by atoms with Gasteiger partial charge < -0.3 is 30.4 Å². The maximum absolute atomic E-state index is 7.12. The number of anilines is 2. The lowest BCUT2D eigenvalue weighted by molar-refractivity contribution is 0.303. The quantitative estimate of drug-likeness (QED) is 0.147. The molecule has 8 aromatic rings. The van der Waals surface area contributed by atoms with Gasteiger partial charge in [0.15, 0.2) is 0 Å². The molecule has 0 aromatic heterocycles. The number of nitrogen functional groups attached to an aromatic ring is 2. The van der Waals surface area contributed by atoms with Crippen molar-refractivity contribution in [2.24, 2.45) is 0 Å². The summed E-state index contributed by atoms with van der Waals surface area (Å²) in [7, 11) is 0. The Hall–Kier alpha value is -7.44. The Balaban J connectivity index is 0.757. The second-order valence-electron chi connectivity index (χ2n) is 24.4. The van der Waals surface area contributed by atoms with Crippen LogP contribution in [0.4, 0.5) is 11.4 Å². The molecule has 0 unspecified atom stereocenters. The SMILES string of the molecule is CC(C)(C)c1cc2c(N)c(c1)-c1ccc(cc1)-c1ccc(cc1)OCCCCCCCCCCCCCOc1ccc(cc1)-c1cccc(c1N)-c1ccc(cc1)OCCCCCCCCCCCCCOc1ccc(cc1)-c1ccc-2cc1. The van der Waals surface area contributed by atoms with Gasteiger partial charge in [-0.2, -0.15) is 0 Å². The fourth-order valence-electron chi connectivity index (χ4n) is 11.6. The fraction of sp³-hybridized carbons (Fsp3) is 0.385. The molecule has 6 nitrogen and oxygen atoms in total. The summed E-state index contributed by atoms with van der Waals surface area (Å²) in [6.45, 7) is 9.82. The van der Waals surface area contributed by atoms with Crippen molar-refractivity contribution < 1.29 is 18.9 Å². The van der Waals surface area contributed by atoms with Crippen LogP contribution < -0.4 is 30.4 Å². The van der Waals surface area contributed by atoms with Gasteiger partial charge in [0.2, 0.25) is 0 Å². The van der Waals surface area contributed by atoms with Gasteiger partial charge in [0, 0.05) is 33.6 Å². The van der Waals surface area contributed by atoms with Crippen LogP contribution in [0, 0.1) is 0 Å². The third-order valence-electron chi connectivity index (χ3n) is 16.9. The highest BCUT2D eigenvalue weighted by molar-refractivity contribution is 5.91. The molecule has 9 aliphatic rings. The summed E-state index contributed by atoms with van der Waals surface area (Å²) in [6, 6.07) is 62.4. The zero-order valence-electron chi connectivity index (χ0n) is 50.9. The third-order valence-corrected chi connectivity index (χ3v) is 16.9. The first-order valence-corrected chi connectivity index (χ1v) is 32.1. The molecule has 84 heavy (non-hydrogen) atoms. The van der Waals surface area contributed by atoms with Crippen molar-refractivity contribution in [2.45, 2.75) is 167 Å². The Morgan fingerprint density at radius 2 is 0.452 bits per heavy atom. The standard InChI is InChI=1S/C78H94N2O4/c1-78(2,3)67-57-74-65-33-29-59(30-34-65)61-37-45-68(46-38-61)81-53-22-18-14-10-6-4-8-12-16-20-24-55-83-70-49-41-63(42-50-70)72-27-26-28-73(76(72)79)64-43-51-71(52-44-64)84-56-25-21-17-13-9-5-7-11-15-19-23-54-82-69-47-39-62(40-48-69)60-31-35-66(36-32-60)75(58-67)77(74)80/h26-52,57-58H,4-25,53-56,79-80H2,1-3H3. The molecule has 440 valence electrons. The summed E-state index contributed by atoms with van der Waals surface area (Å²) >= 11 is 0. The minimum atomic E-state index is -0.0556. The van der Waals surface area contributed by atoms with Crippen LogP contribution in [0.25, 0.3) is 66.8 Å². The van der Waals surface area contributed by atoms with Crippen molar-refractivity contribution >= 4 is 11.4 Å². The topological polar surface area (TPSA) is 89.0 Å². The molecule has 0 saturated carbocycles. The zero-order valence-corrected chi connectivity index (χ0v) is 50.9. The van der Waals surface area contributed by atoms with E-state index < -0.39 is 0 Å². The predicted molar refractivity (Wildman–Crippen MR) is 357 cm³/mol. The molecule has 0 radical (unpaired) electrons. The van der Waals surface area contributed by atoms with Crippen LogP contribution in [0.2, 0.25) is 0 Å². The molecule has 0 aliphatic carbocycles. The molecule has 16 bridgehead atoms. The Bertz CT molecular complexity index is 2990. The van der Waals surface area contributed by atoms with Crippen LogP contribution in [-0.4, -0.2) is 26.4 Å². The third kappa shape index (κ3) is 18.3. The number of benzene rings is 8. The largest absolute Gasteiger partial charge is 0.494 e. The van der Waals surface area contributed by atoms with E-state index in [2.05, 4.69) is 197 Å². The van der Waals surface area contributed by atoms with Crippen molar-refractivity contribution in [1.29, 1.82) is 0 Å². The predicted octanol–water partition coefficient (Wildman–Crippen LogP) is 22.0. The van der Waals surface area contributed by atoms with Crippen molar-refractivity contribution in [2.75, 3.05) is 37.9 Å². The van der Waals surface area contributed by atoms with Gasteiger partial charge in [0.05, 0.1) is 26.4 Å². The number of para-hydroxylation sites is 1. The fourth-order valence-corrected chi connectivity index (χ4v) is 11.6. The number of hydrogen-bond donors (Lipinski definition) is 2. The second kappa shape index (κ2) is 32.0. The van der Waals surface area contributed by atoms with E-state index >= 15 is 0 Å². The van der Waals surface area contributed by atoms with Gasteiger partial charge in [-0.15, -0.1) is 0 Å². The van der Waals surface area contributed by atoms with E-state index in [-0.39, 0.29) is 5.41 Å². The number of ether oxygens (including phenoxy) is 4. The number of rotatable bonds is 0. The highest BCUT2D eigenvalue weighted by atomic mass is 16.5. The van der Waals surface area contributed by atoms with Crippen molar-refractivity contribution in [3.05, 3.63) is 181 Å². The molecule has 0 saturated heterocycles. The van der Waals surface area contributed by atoms with Gasteiger partial charge in [0.1, 0.15) is 23.0 Å². The molecule has 9 heterocycles. The van der Waals surface area contributed by atoms with Gasteiger partial charge in [-0.25, -0.2) is 0 Å². The Kier molecular flexibility index (Phi) is 23.3. The van der Waals surface area contributed by atoms with E-state index in [1.54, 1.807) is 0 Å². The first-order chi connectivity index (χ1) is 41.2. The molecule has 0 fully saturated rings. The van der Waals surface area contributed by atoms with Crippen molar-refractivity contribution in [1.82, 2.24) is 0 Å². The average Bonchev–Trinajstić information content (AvgIpc) is 3.70. The summed E-state index contributed by atoms with van der Waals surface area (Å²) in [5.41, 5.74) is 30.0. The molecule has 8 aromatic carbocycles. The van der Waals surface area contributed by atoms with Crippen LogP contribution in [0.15, 0.2) is 176 Å². The molecular formula is C78H94N2O4. The van der Waals surface area contributed by atoms with Crippen LogP contribution in [-0.2, 0) is 5.41 Å². The minimum Gasteiger partial charge on any atom is -0.494 e. The van der Waals surface area contributed by atoms with Gasteiger partial charge in [0.25, 0.3) is 0 Å². The van der Waals surface area contributed by atoms with Crippen LogP contribution in [0.3, 0.4) is 0 Å². The first-order valence-electron chi connectivity index (χ1n) is 32.1. The van der Waals surface area contributed by atoms with E-state index in [1.165, 1.54) is 143 Å². The normalized spacial score (nSPS) is 15.8. The van der Waals surface area contributed by atoms with E-state index in [0.717, 1.165) is 131 Å². The zero-order chi connectivity index (χ0) is 58.2. The lowest BCUT2D eigenvalue weighted by Gasteiger charge is -2.23. The van der Waals surface area contributed by atoms with Crippen molar-refractivity contribution in [3.8, 4) is 89.8 Å². The molecule has 17 rings (SSSR count). The van der Waals surface area contributed by atoms with E-state index in [1.807, 2.05) is 0 Å².